The molecule has 2 N–H and O–H groups in total. The second-order valence-corrected chi connectivity index (χ2v) is 12.3. The first kappa shape index (κ1) is 31.0. The molecule has 4 rings (SSSR count). The first-order valence-electron chi connectivity index (χ1n) is 13.6. The Morgan fingerprint density at radius 3 is 2.62 bits per heavy atom. The van der Waals surface area contributed by atoms with Crippen molar-refractivity contribution in [2.45, 2.75) is 45.2 Å². The van der Waals surface area contributed by atoms with Crippen molar-refractivity contribution in [3.63, 3.8) is 0 Å². The molecule has 0 saturated heterocycles. The molecule has 1 aromatic heterocycles. The Kier molecular flexibility index (Phi) is 8.96. The molecule has 0 radical (unpaired) electrons. The number of amides is 2. The third kappa shape index (κ3) is 6.28. The highest BCUT2D eigenvalue weighted by Crippen LogP contribution is 2.48. The van der Waals surface area contributed by atoms with Gasteiger partial charge in [-0.1, -0.05) is 44.5 Å². The van der Waals surface area contributed by atoms with Crippen LogP contribution in [0.2, 0.25) is 5.02 Å². The van der Waals surface area contributed by atoms with Crippen molar-refractivity contribution < 1.29 is 23.5 Å². The second-order valence-electron chi connectivity index (χ2n) is 11.9. The highest BCUT2D eigenvalue weighted by Gasteiger charge is 2.57. The summed E-state index contributed by atoms with van der Waals surface area (Å²) in [7, 11) is 4.58. The molecule has 11 heteroatoms. The van der Waals surface area contributed by atoms with E-state index in [1.807, 2.05) is 32.9 Å². The fourth-order valence-electron chi connectivity index (χ4n) is 5.47. The highest BCUT2D eigenvalue weighted by atomic mass is 35.5. The zero-order valence-electron chi connectivity index (χ0n) is 24.7. The van der Waals surface area contributed by atoms with E-state index < -0.39 is 40.7 Å². The maximum absolute atomic E-state index is 15.7. The topological polar surface area (TPSA) is 110 Å². The lowest BCUT2D eigenvalue weighted by molar-refractivity contribution is -0.136. The molecular weight excluding hydrogens is 561 g/mol. The number of carbonyl (C=O) groups excluding carboxylic acids is 2. The van der Waals surface area contributed by atoms with Gasteiger partial charge < -0.3 is 20.1 Å². The van der Waals surface area contributed by atoms with Gasteiger partial charge in [-0.25, -0.2) is 14.2 Å². The van der Waals surface area contributed by atoms with E-state index in [4.69, 9.17) is 31.8 Å². The van der Waals surface area contributed by atoms with Crippen LogP contribution < -0.4 is 5.73 Å². The highest BCUT2D eigenvalue weighted by molar-refractivity contribution is 6.33. The first-order chi connectivity index (χ1) is 19.8. The minimum atomic E-state index is -1.53. The van der Waals surface area contributed by atoms with E-state index in [9.17, 15) is 9.59 Å². The van der Waals surface area contributed by atoms with Gasteiger partial charge in [0.25, 0.3) is 5.91 Å². The summed E-state index contributed by atoms with van der Waals surface area (Å²) in [6, 6.07) is 9.79. The van der Waals surface area contributed by atoms with Gasteiger partial charge in [0.15, 0.2) is 11.5 Å². The molecule has 0 saturated carbocycles. The maximum atomic E-state index is 15.7. The molecule has 0 bridgehead atoms. The Balaban J connectivity index is 1.82. The average Bonchev–Trinajstić information content (AvgIpc) is 3.17. The number of halogens is 2. The lowest BCUT2D eigenvalue weighted by atomic mass is 9.70. The summed E-state index contributed by atoms with van der Waals surface area (Å²) >= 11 is 6.56. The lowest BCUT2D eigenvalue weighted by Gasteiger charge is -2.39. The average molecular weight is 598 g/mol. The van der Waals surface area contributed by atoms with E-state index in [-0.39, 0.29) is 25.4 Å². The maximum Gasteiger partial charge on any atom is 0.409 e. The standard InChI is InChI=1S/C31H37ClFN5O4/c1-30(2,3)18-31(22-12-11-20(41-6)16-24(22)33)27(39)38(28(34)36-31)26(17-42-29(40)37(4)5)19-10-13-23(32)21(15-19)25-9-7-8-14-35-25/h7-11,13-16,22,26H,12,17-18H2,1-6H3,(H2,34,36)/t22?,26-,31-/m1/s1. The Labute approximate surface area is 250 Å². The van der Waals surface area contributed by atoms with E-state index in [2.05, 4.69) is 4.98 Å². The summed E-state index contributed by atoms with van der Waals surface area (Å²) in [6.07, 6.45) is 4.51. The fraction of sp³-hybridized carbons (Fsp3) is 0.419. The number of hydrogen-bond donors (Lipinski definition) is 1. The molecule has 1 aliphatic heterocycles. The predicted molar refractivity (Wildman–Crippen MR) is 160 cm³/mol. The molecule has 2 aromatic rings. The zero-order valence-corrected chi connectivity index (χ0v) is 25.5. The molecular formula is C31H37ClFN5O4. The van der Waals surface area contributed by atoms with E-state index in [1.54, 1.807) is 50.6 Å². The molecule has 0 fully saturated rings. The zero-order chi connectivity index (χ0) is 30.8. The number of aromatic nitrogens is 1. The van der Waals surface area contributed by atoms with Crippen LogP contribution in [0.1, 0.15) is 45.2 Å². The summed E-state index contributed by atoms with van der Waals surface area (Å²) in [5.74, 6) is -1.58. The number of guanidine groups is 1. The van der Waals surface area contributed by atoms with Crippen molar-refractivity contribution in [1.82, 2.24) is 14.8 Å². The number of benzene rings is 1. The molecule has 9 nitrogen and oxygen atoms in total. The Morgan fingerprint density at radius 2 is 2.02 bits per heavy atom. The summed E-state index contributed by atoms with van der Waals surface area (Å²) in [6.45, 7) is 5.66. The van der Waals surface area contributed by atoms with Crippen LogP contribution in [0.3, 0.4) is 0 Å². The predicted octanol–water partition coefficient (Wildman–Crippen LogP) is 5.88. The first-order valence-corrected chi connectivity index (χ1v) is 14.0. The minimum absolute atomic E-state index is 0.0844. The molecule has 224 valence electrons. The molecule has 2 amide bonds. The van der Waals surface area contributed by atoms with E-state index in [0.29, 0.717) is 27.6 Å². The van der Waals surface area contributed by atoms with Crippen molar-refractivity contribution in [3.05, 3.63) is 76.9 Å². The van der Waals surface area contributed by atoms with Crippen LogP contribution >= 0.6 is 11.6 Å². The summed E-state index contributed by atoms with van der Waals surface area (Å²) < 4.78 is 26.5. The number of nitrogens with zero attached hydrogens (tertiary/aromatic N) is 4. The molecule has 1 aliphatic carbocycles. The number of carbonyl (C=O) groups is 2. The van der Waals surface area contributed by atoms with Gasteiger partial charge >= 0.3 is 6.09 Å². The van der Waals surface area contributed by atoms with Crippen LogP contribution in [0.4, 0.5) is 9.18 Å². The lowest BCUT2D eigenvalue weighted by Crippen LogP contribution is -2.52. The third-order valence-corrected chi connectivity index (χ3v) is 7.62. The number of ether oxygens (including phenoxy) is 2. The van der Waals surface area contributed by atoms with Crippen LogP contribution in [0.5, 0.6) is 0 Å². The fourth-order valence-corrected chi connectivity index (χ4v) is 5.68. The molecule has 1 unspecified atom stereocenters. The smallest absolute Gasteiger partial charge is 0.409 e. The van der Waals surface area contributed by atoms with Crippen molar-refractivity contribution in [3.8, 4) is 11.3 Å². The second kappa shape index (κ2) is 12.1. The largest absolute Gasteiger partial charge is 0.497 e. The van der Waals surface area contributed by atoms with Gasteiger partial charge in [0, 0.05) is 42.9 Å². The number of pyridine rings is 1. The van der Waals surface area contributed by atoms with E-state index in [0.717, 1.165) is 0 Å². The summed E-state index contributed by atoms with van der Waals surface area (Å²) in [5.41, 5.74) is 6.43. The van der Waals surface area contributed by atoms with Crippen LogP contribution in [0.25, 0.3) is 11.3 Å². The van der Waals surface area contributed by atoms with Gasteiger partial charge in [0.2, 0.25) is 0 Å². The normalized spacial score (nSPS) is 21.3. The number of rotatable bonds is 8. The van der Waals surface area contributed by atoms with Crippen molar-refractivity contribution in [1.29, 1.82) is 0 Å². The van der Waals surface area contributed by atoms with Crippen LogP contribution in [0.15, 0.2) is 71.3 Å². The molecule has 2 heterocycles. The van der Waals surface area contributed by atoms with E-state index >= 15 is 4.39 Å². The van der Waals surface area contributed by atoms with Crippen molar-refractivity contribution in [2.24, 2.45) is 22.1 Å². The number of aliphatic imine (C=N–C) groups is 1. The Morgan fingerprint density at radius 1 is 1.29 bits per heavy atom. The number of methoxy groups -OCH3 is 1. The van der Waals surface area contributed by atoms with Crippen molar-refractivity contribution >= 4 is 29.6 Å². The quantitative estimate of drug-likeness (QED) is 0.407. The number of nitrogens with two attached hydrogens (primary N) is 1. The number of hydrogen-bond acceptors (Lipinski definition) is 7. The minimum Gasteiger partial charge on any atom is -0.497 e. The Bertz CT molecular complexity index is 1440. The monoisotopic (exact) mass is 597 g/mol. The van der Waals surface area contributed by atoms with Gasteiger partial charge in [-0.05, 0) is 54.2 Å². The van der Waals surface area contributed by atoms with Gasteiger partial charge in [-0.3, -0.25) is 14.7 Å². The molecule has 0 spiro atoms. The summed E-state index contributed by atoms with van der Waals surface area (Å²) in [5, 5.41) is 0.452. The van der Waals surface area contributed by atoms with E-state index in [1.165, 1.54) is 23.0 Å². The van der Waals surface area contributed by atoms with Gasteiger partial charge in [-0.2, -0.15) is 0 Å². The van der Waals surface area contributed by atoms with Crippen molar-refractivity contribution in [2.75, 3.05) is 27.8 Å². The number of allylic oxidation sites excluding steroid dienone is 2. The van der Waals surface area contributed by atoms with Gasteiger partial charge in [0.1, 0.15) is 18.2 Å². The molecule has 42 heavy (non-hydrogen) atoms. The summed E-state index contributed by atoms with van der Waals surface area (Å²) in [4.78, 5) is 38.9. The Hall–Kier alpha value is -3.92. The van der Waals surface area contributed by atoms with Crippen LogP contribution in [-0.2, 0) is 14.3 Å². The molecule has 1 aromatic carbocycles. The SMILES string of the molecule is COC1=CCC([C@@]2(CC(C)(C)C)N=C(N)N([C@H](COC(=O)N(C)C)c3ccc(Cl)c(-c4ccccn4)c3)C2=O)C(F)=C1. The van der Waals surface area contributed by atoms with Gasteiger partial charge in [-0.15, -0.1) is 0 Å². The van der Waals surface area contributed by atoms with Crippen LogP contribution in [0, 0.1) is 11.3 Å². The molecule has 2 aliphatic rings. The van der Waals surface area contributed by atoms with Crippen LogP contribution in [-0.4, -0.2) is 66.1 Å². The third-order valence-electron chi connectivity index (χ3n) is 7.29. The van der Waals surface area contributed by atoms with Gasteiger partial charge in [0.05, 0.1) is 18.8 Å². The molecule has 3 atom stereocenters.